The van der Waals surface area contributed by atoms with Gasteiger partial charge < -0.3 is 39.4 Å². The van der Waals surface area contributed by atoms with E-state index in [0.717, 1.165) is 51.4 Å². The van der Waals surface area contributed by atoms with Crippen LogP contribution in [-0.4, -0.2) is 88.4 Å². The number of carboxylic acids is 1. The second-order valence-corrected chi connectivity index (χ2v) is 14.8. The smallest absolute Gasteiger partial charge is 0.335 e. The van der Waals surface area contributed by atoms with Gasteiger partial charge >= 0.3 is 17.9 Å². The van der Waals surface area contributed by atoms with Crippen molar-refractivity contribution in [2.75, 3.05) is 13.2 Å². The number of carbonyl (C=O) groups excluding carboxylic acids is 2. The third-order valence-electron chi connectivity index (χ3n) is 9.80. The Balaban J connectivity index is 2.38. The number of ether oxygens (including phenoxy) is 4. The van der Waals surface area contributed by atoms with Crippen molar-refractivity contribution in [1.29, 1.82) is 0 Å². The number of carboxylic acid groups (broad SMARTS) is 1. The van der Waals surface area contributed by atoms with Crippen LogP contribution in [0.15, 0.2) is 24.3 Å². The number of unbranched alkanes of at least 4 members (excludes halogenated alkanes) is 20. The minimum absolute atomic E-state index is 0.184. The Bertz CT molecular complexity index is 1000. The standard InChI is InChI=1S/C43H76O11/c1-3-5-7-9-11-13-15-16-17-18-19-20-22-23-25-27-29-31-36(44)51-33-35(34-52-43-40(48)38(46)39(47)41(54-43)42(49)50)53-37(45)32-30-28-26-24-21-14-12-10-8-6-4-2/h11,13,16-17,35,38-41,43,46-48H,3-10,12,14-15,18-34H2,1-2H3,(H,49,50)/b13-11-,17-16-. The van der Waals surface area contributed by atoms with Crippen LogP contribution in [0.2, 0.25) is 0 Å². The maximum Gasteiger partial charge on any atom is 0.335 e. The maximum atomic E-state index is 12.7. The predicted molar refractivity (Wildman–Crippen MR) is 211 cm³/mol. The van der Waals surface area contributed by atoms with Gasteiger partial charge in [0.05, 0.1) is 6.61 Å². The van der Waals surface area contributed by atoms with E-state index in [9.17, 15) is 34.8 Å². The minimum Gasteiger partial charge on any atom is -0.479 e. The number of aliphatic hydroxyl groups is 3. The van der Waals surface area contributed by atoms with Gasteiger partial charge in [-0.1, -0.05) is 147 Å². The van der Waals surface area contributed by atoms with Crippen molar-refractivity contribution < 1.29 is 53.8 Å². The van der Waals surface area contributed by atoms with Crippen LogP contribution in [0, 0.1) is 0 Å². The first kappa shape index (κ1) is 49.7. The Morgan fingerprint density at radius 3 is 1.57 bits per heavy atom. The lowest BCUT2D eigenvalue weighted by atomic mass is 9.99. The molecule has 0 bridgehead atoms. The van der Waals surface area contributed by atoms with Crippen molar-refractivity contribution in [1.82, 2.24) is 0 Å². The van der Waals surface area contributed by atoms with Crippen LogP contribution < -0.4 is 0 Å². The molecule has 0 aromatic rings. The Hall–Kier alpha value is -2.31. The normalized spacial score (nSPS) is 20.8. The zero-order chi connectivity index (χ0) is 39.7. The molecule has 1 saturated heterocycles. The molecule has 0 aliphatic carbocycles. The van der Waals surface area contributed by atoms with E-state index in [4.69, 9.17) is 18.9 Å². The molecule has 0 saturated carbocycles. The fourth-order valence-electron chi connectivity index (χ4n) is 6.38. The number of allylic oxidation sites excluding steroid dienone is 4. The quantitative estimate of drug-likeness (QED) is 0.0277. The SMILES string of the molecule is CCCCC/C=C\C/C=C\CCCCCCCCCC(=O)OCC(COC1OC(C(=O)O)C(O)C(O)C1O)OC(=O)CCCCCCCCCCCCC. The summed E-state index contributed by atoms with van der Waals surface area (Å²) in [6.45, 7) is 3.76. The highest BCUT2D eigenvalue weighted by Crippen LogP contribution is 2.23. The van der Waals surface area contributed by atoms with Gasteiger partial charge in [0.15, 0.2) is 18.5 Å². The molecule has 1 aliphatic rings. The average Bonchev–Trinajstić information content (AvgIpc) is 3.15. The number of hydrogen-bond donors (Lipinski definition) is 4. The summed E-state index contributed by atoms with van der Waals surface area (Å²) in [6.07, 6.45) is 26.6. The Kier molecular flexibility index (Phi) is 31.3. The first-order valence-electron chi connectivity index (χ1n) is 21.4. The molecule has 4 N–H and O–H groups in total. The van der Waals surface area contributed by atoms with Crippen molar-refractivity contribution >= 4 is 17.9 Å². The minimum atomic E-state index is -1.86. The van der Waals surface area contributed by atoms with E-state index < -0.39 is 54.7 Å². The van der Waals surface area contributed by atoms with Crippen LogP contribution in [0.25, 0.3) is 0 Å². The van der Waals surface area contributed by atoms with Gasteiger partial charge in [-0.05, 0) is 44.9 Å². The topological polar surface area (TPSA) is 169 Å². The van der Waals surface area contributed by atoms with Gasteiger partial charge in [-0.3, -0.25) is 9.59 Å². The van der Waals surface area contributed by atoms with E-state index in [2.05, 4.69) is 38.2 Å². The summed E-state index contributed by atoms with van der Waals surface area (Å²) in [5.41, 5.74) is 0. The van der Waals surface area contributed by atoms with Gasteiger partial charge in [-0.2, -0.15) is 0 Å². The molecule has 54 heavy (non-hydrogen) atoms. The Labute approximate surface area is 326 Å². The van der Waals surface area contributed by atoms with Crippen molar-refractivity contribution in [3.05, 3.63) is 24.3 Å². The number of rotatable bonds is 35. The molecule has 314 valence electrons. The molecule has 11 nitrogen and oxygen atoms in total. The summed E-state index contributed by atoms with van der Waals surface area (Å²) in [5.74, 6) is -2.45. The summed E-state index contributed by atoms with van der Waals surface area (Å²) in [5, 5.41) is 39.7. The van der Waals surface area contributed by atoms with Crippen LogP contribution in [0.3, 0.4) is 0 Å². The first-order chi connectivity index (χ1) is 26.2. The van der Waals surface area contributed by atoms with Gasteiger partial charge in [0.2, 0.25) is 0 Å². The van der Waals surface area contributed by atoms with Gasteiger partial charge in [-0.15, -0.1) is 0 Å². The zero-order valence-electron chi connectivity index (χ0n) is 33.7. The number of carbonyl (C=O) groups is 3. The van der Waals surface area contributed by atoms with Gasteiger partial charge in [0, 0.05) is 12.8 Å². The van der Waals surface area contributed by atoms with Crippen LogP contribution in [0.1, 0.15) is 181 Å². The predicted octanol–water partition coefficient (Wildman–Crippen LogP) is 8.65. The molecule has 1 aliphatic heterocycles. The summed E-state index contributed by atoms with van der Waals surface area (Å²) in [4.78, 5) is 36.7. The fourth-order valence-corrected chi connectivity index (χ4v) is 6.38. The van der Waals surface area contributed by atoms with E-state index in [1.54, 1.807) is 0 Å². The molecule has 0 aromatic carbocycles. The van der Waals surface area contributed by atoms with E-state index >= 15 is 0 Å². The van der Waals surface area contributed by atoms with Crippen molar-refractivity contribution in [3.63, 3.8) is 0 Å². The van der Waals surface area contributed by atoms with Crippen LogP contribution in [-0.2, 0) is 33.3 Å². The maximum absolute atomic E-state index is 12.7. The monoisotopic (exact) mass is 769 g/mol. The highest BCUT2D eigenvalue weighted by atomic mass is 16.7. The lowest BCUT2D eigenvalue weighted by Crippen LogP contribution is -2.60. The molecule has 6 unspecified atom stereocenters. The molecule has 1 fully saturated rings. The van der Waals surface area contributed by atoms with Crippen LogP contribution >= 0.6 is 0 Å². The molecule has 6 atom stereocenters. The fraction of sp³-hybridized carbons (Fsp3) is 0.837. The second-order valence-electron chi connectivity index (χ2n) is 14.8. The average molecular weight is 769 g/mol. The van der Waals surface area contributed by atoms with Gasteiger partial charge in [-0.25, -0.2) is 4.79 Å². The van der Waals surface area contributed by atoms with E-state index in [-0.39, 0.29) is 26.1 Å². The molecule has 0 aromatic heterocycles. The lowest BCUT2D eigenvalue weighted by Gasteiger charge is -2.38. The summed E-state index contributed by atoms with van der Waals surface area (Å²) < 4.78 is 21.7. The molecule has 11 heteroatoms. The van der Waals surface area contributed by atoms with Crippen LogP contribution in [0.5, 0.6) is 0 Å². The number of aliphatic carboxylic acids is 1. The van der Waals surface area contributed by atoms with E-state index in [1.165, 1.54) is 89.9 Å². The number of aliphatic hydroxyl groups excluding tert-OH is 3. The highest BCUT2D eigenvalue weighted by Gasteiger charge is 2.47. The largest absolute Gasteiger partial charge is 0.479 e. The Morgan fingerprint density at radius 2 is 1.04 bits per heavy atom. The summed E-state index contributed by atoms with van der Waals surface area (Å²) in [6, 6.07) is 0. The van der Waals surface area contributed by atoms with Crippen LogP contribution in [0.4, 0.5) is 0 Å². The first-order valence-corrected chi connectivity index (χ1v) is 21.4. The van der Waals surface area contributed by atoms with Gasteiger partial charge in [0.1, 0.15) is 24.9 Å². The second kappa shape index (κ2) is 34.0. The molecule has 0 amide bonds. The van der Waals surface area contributed by atoms with Crippen molar-refractivity contribution in [3.8, 4) is 0 Å². The molecular formula is C43H76O11. The van der Waals surface area contributed by atoms with E-state index in [0.29, 0.717) is 12.8 Å². The molecule has 0 spiro atoms. The Morgan fingerprint density at radius 1 is 0.574 bits per heavy atom. The highest BCUT2D eigenvalue weighted by molar-refractivity contribution is 5.73. The molecule has 1 heterocycles. The van der Waals surface area contributed by atoms with Gasteiger partial charge in [0.25, 0.3) is 0 Å². The lowest BCUT2D eigenvalue weighted by molar-refractivity contribution is -0.298. The zero-order valence-corrected chi connectivity index (χ0v) is 33.7. The van der Waals surface area contributed by atoms with Crippen molar-refractivity contribution in [2.45, 2.75) is 218 Å². The summed E-state index contributed by atoms with van der Waals surface area (Å²) >= 11 is 0. The summed E-state index contributed by atoms with van der Waals surface area (Å²) in [7, 11) is 0. The molecule has 1 rings (SSSR count). The molecular weight excluding hydrogens is 692 g/mol. The number of esters is 2. The third kappa shape index (κ3) is 25.7. The van der Waals surface area contributed by atoms with E-state index in [1.807, 2.05) is 0 Å². The molecule has 0 radical (unpaired) electrons. The third-order valence-corrected chi connectivity index (χ3v) is 9.80. The number of hydrogen-bond acceptors (Lipinski definition) is 10. The van der Waals surface area contributed by atoms with Crippen molar-refractivity contribution in [2.24, 2.45) is 0 Å².